The van der Waals surface area contributed by atoms with Crippen molar-refractivity contribution in [3.8, 4) is 5.75 Å². The van der Waals surface area contributed by atoms with Crippen molar-refractivity contribution in [2.75, 3.05) is 0 Å². The van der Waals surface area contributed by atoms with E-state index in [1.54, 1.807) is 19.1 Å². The number of halogens is 1. The summed E-state index contributed by atoms with van der Waals surface area (Å²) in [6, 6.07) is 12.9. The van der Waals surface area contributed by atoms with Crippen LogP contribution in [0.1, 0.15) is 56.3 Å². The summed E-state index contributed by atoms with van der Waals surface area (Å²) in [5.41, 5.74) is 5.18. The number of nitro groups is 1. The highest BCUT2D eigenvalue weighted by Gasteiger charge is 2.29. The molecule has 4 aromatic rings. The maximum absolute atomic E-state index is 13.1. The topological polar surface area (TPSA) is 137 Å². The predicted molar refractivity (Wildman–Crippen MR) is 140 cm³/mol. The number of carbonyl (C=O) groups excluding carboxylic acids is 2. The summed E-state index contributed by atoms with van der Waals surface area (Å²) in [4.78, 5) is 40.7. The van der Waals surface area contributed by atoms with Crippen LogP contribution in [-0.2, 0) is 6.42 Å². The number of aromatic nitrogens is 1. The van der Waals surface area contributed by atoms with Gasteiger partial charge in [0.1, 0.15) is 16.3 Å². The Kier molecular flexibility index (Phi) is 6.64. The van der Waals surface area contributed by atoms with Gasteiger partial charge in [-0.15, -0.1) is 0 Å². The van der Waals surface area contributed by atoms with Crippen LogP contribution < -0.4 is 10.2 Å². The third-order valence-electron chi connectivity index (χ3n) is 6.23. The van der Waals surface area contributed by atoms with Crippen molar-refractivity contribution in [1.29, 1.82) is 0 Å². The zero-order chi connectivity index (χ0) is 27.0. The Balaban J connectivity index is 1.40. The molecule has 0 aliphatic heterocycles. The van der Waals surface area contributed by atoms with Crippen LogP contribution in [0.2, 0.25) is 5.02 Å². The molecule has 2 heterocycles. The molecule has 0 radical (unpaired) electrons. The standard InChI is InChI=1S/C27H21ClN4O6/c1-14-9-10-16-5-3-8-22(24(16)29-14)38-27(34)25-15(2)23-19(6-4-7-21(23)37-25)30-31-26(33)17-11-12-18(28)20(13-17)32(35)36/h3,5,8-13H,4,6-7H2,1-2H3,(H,31,33)/b30-19+. The van der Waals surface area contributed by atoms with Gasteiger partial charge < -0.3 is 9.15 Å². The molecule has 11 heteroatoms. The summed E-state index contributed by atoms with van der Waals surface area (Å²) in [7, 11) is 0. The molecule has 0 atom stereocenters. The van der Waals surface area contributed by atoms with E-state index in [9.17, 15) is 19.7 Å². The first-order valence-electron chi connectivity index (χ1n) is 11.7. The van der Waals surface area contributed by atoms with Crippen molar-refractivity contribution in [2.45, 2.75) is 33.1 Å². The molecule has 38 heavy (non-hydrogen) atoms. The predicted octanol–water partition coefficient (Wildman–Crippen LogP) is 5.70. The second-order valence-electron chi connectivity index (χ2n) is 8.80. The largest absolute Gasteiger partial charge is 0.453 e. The zero-order valence-electron chi connectivity index (χ0n) is 20.4. The minimum absolute atomic E-state index is 0.0357. The van der Waals surface area contributed by atoms with Gasteiger partial charge in [0, 0.05) is 40.3 Å². The molecule has 2 aromatic carbocycles. The Morgan fingerprint density at radius 2 is 1.97 bits per heavy atom. The lowest BCUT2D eigenvalue weighted by Crippen LogP contribution is -2.22. The van der Waals surface area contributed by atoms with Gasteiger partial charge >= 0.3 is 5.97 Å². The zero-order valence-corrected chi connectivity index (χ0v) is 21.2. The van der Waals surface area contributed by atoms with Crippen LogP contribution in [0.15, 0.2) is 58.0 Å². The van der Waals surface area contributed by atoms with Crippen molar-refractivity contribution in [2.24, 2.45) is 5.10 Å². The summed E-state index contributed by atoms with van der Waals surface area (Å²) < 4.78 is 11.6. The van der Waals surface area contributed by atoms with Gasteiger partial charge in [-0.25, -0.2) is 15.2 Å². The molecule has 0 saturated heterocycles. The van der Waals surface area contributed by atoms with Gasteiger partial charge in [0.15, 0.2) is 5.75 Å². The number of benzene rings is 2. The number of hydrazone groups is 1. The van der Waals surface area contributed by atoms with Crippen LogP contribution in [0, 0.1) is 24.0 Å². The summed E-state index contributed by atoms with van der Waals surface area (Å²) in [6.07, 6.45) is 1.83. The molecule has 1 N–H and O–H groups in total. The molecule has 1 aliphatic carbocycles. The number of amides is 1. The monoisotopic (exact) mass is 532 g/mol. The average Bonchev–Trinajstić information content (AvgIpc) is 3.24. The molecular formula is C27H21ClN4O6. The normalized spacial score (nSPS) is 13.8. The van der Waals surface area contributed by atoms with E-state index in [1.165, 1.54) is 12.1 Å². The van der Waals surface area contributed by atoms with Gasteiger partial charge in [0.2, 0.25) is 5.76 Å². The fourth-order valence-electron chi connectivity index (χ4n) is 4.40. The smallest absolute Gasteiger partial charge is 0.380 e. The lowest BCUT2D eigenvalue weighted by molar-refractivity contribution is -0.384. The Labute approximate surface area is 221 Å². The lowest BCUT2D eigenvalue weighted by atomic mass is 9.93. The number of furan rings is 1. The number of fused-ring (bicyclic) bond motifs is 2. The highest BCUT2D eigenvalue weighted by molar-refractivity contribution is 6.32. The summed E-state index contributed by atoms with van der Waals surface area (Å²) in [6.45, 7) is 3.59. The summed E-state index contributed by atoms with van der Waals surface area (Å²) in [5, 5.41) is 16.2. The maximum Gasteiger partial charge on any atom is 0.380 e. The van der Waals surface area contributed by atoms with Crippen LogP contribution in [0.5, 0.6) is 5.75 Å². The molecule has 192 valence electrons. The van der Waals surface area contributed by atoms with E-state index in [1.807, 2.05) is 25.1 Å². The van der Waals surface area contributed by atoms with Gasteiger partial charge in [0.25, 0.3) is 11.6 Å². The molecule has 0 spiro atoms. The second-order valence-corrected chi connectivity index (χ2v) is 9.21. The number of para-hydroxylation sites is 1. The number of ether oxygens (including phenoxy) is 1. The summed E-state index contributed by atoms with van der Waals surface area (Å²) in [5.74, 6) is -0.353. The molecule has 5 rings (SSSR count). The first-order valence-corrected chi connectivity index (χ1v) is 12.1. The number of aryl methyl sites for hydroxylation is 2. The molecule has 0 unspecified atom stereocenters. The Bertz CT molecular complexity index is 1660. The third kappa shape index (κ3) is 4.73. The Hall–Kier alpha value is -4.57. The molecule has 0 bridgehead atoms. The first kappa shape index (κ1) is 25.1. The lowest BCUT2D eigenvalue weighted by Gasteiger charge is -2.13. The Morgan fingerprint density at radius 1 is 1.16 bits per heavy atom. The van der Waals surface area contributed by atoms with E-state index in [0.717, 1.165) is 17.1 Å². The molecule has 1 aliphatic rings. The van der Waals surface area contributed by atoms with E-state index < -0.39 is 16.8 Å². The molecular weight excluding hydrogens is 512 g/mol. The number of hydrogen-bond acceptors (Lipinski definition) is 8. The summed E-state index contributed by atoms with van der Waals surface area (Å²) >= 11 is 5.83. The van der Waals surface area contributed by atoms with Crippen molar-refractivity contribution in [1.82, 2.24) is 10.4 Å². The van der Waals surface area contributed by atoms with Crippen LogP contribution in [0.25, 0.3) is 10.9 Å². The van der Waals surface area contributed by atoms with Gasteiger partial charge in [-0.1, -0.05) is 29.8 Å². The van der Waals surface area contributed by atoms with Gasteiger partial charge in [-0.05, 0) is 51.0 Å². The van der Waals surface area contributed by atoms with E-state index in [2.05, 4.69) is 15.5 Å². The van der Waals surface area contributed by atoms with E-state index >= 15 is 0 Å². The minimum atomic E-state index is -0.663. The van der Waals surface area contributed by atoms with Gasteiger partial charge in [-0.2, -0.15) is 5.10 Å². The fourth-order valence-corrected chi connectivity index (χ4v) is 4.58. The van der Waals surface area contributed by atoms with Crippen molar-refractivity contribution >= 4 is 45.8 Å². The van der Waals surface area contributed by atoms with E-state index in [0.29, 0.717) is 53.1 Å². The fraction of sp³-hybridized carbons (Fsp3) is 0.185. The molecule has 0 saturated carbocycles. The number of nitrogens with one attached hydrogen (secondary N) is 1. The number of nitrogens with zero attached hydrogens (tertiary/aromatic N) is 3. The average molecular weight is 533 g/mol. The second kappa shape index (κ2) is 10.1. The molecule has 2 aromatic heterocycles. The van der Waals surface area contributed by atoms with Gasteiger partial charge in [-0.3, -0.25) is 14.9 Å². The van der Waals surface area contributed by atoms with E-state index in [-0.39, 0.29) is 22.0 Å². The highest BCUT2D eigenvalue weighted by Crippen LogP contribution is 2.32. The quantitative estimate of drug-likeness (QED) is 0.151. The molecule has 10 nitrogen and oxygen atoms in total. The number of esters is 1. The number of nitro benzene ring substituents is 1. The van der Waals surface area contributed by atoms with Crippen LogP contribution >= 0.6 is 11.6 Å². The minimum Gasteiger partial charge on any atom is -0.453 e. The van der Waals surface area contributed by atoms with Crippen molar-refractivity contribution < 1.29 is 23.7 Å². The number of pyridine rings is 1. The van der Waals surface area contributed by atoms with Crippen LogP contribution in [0.3, 0.4) is 0 Å². The Morgan fingerprint density at radius 3 is 2.76 bits per heavy atom. The molecule has 1 amide bonds. The molecule has 0 fully saturated rings. The number of rotatable bonds is 5. The number of carbonyl (C=O) groups is 2. The van der Waals surface area contributed by atoms with Crippen molar-refractivity contribution in [3.05, 3.63) is 97.6 Å². The number of hydrogen-bond donors (Lipinski definition) is 1. The first-order chi connectivity index (χ1) is 18.2. The third-order valence-corrected chi connectivity index (χ3v) is 6.55. The maximum atomic E-state index is 13.1. The highest BCUT2D eigenvalue weighted by atomic mass is 35.5. The van der Waals surface area contributed by atoms with Gasteiger partial charge in [0.05, 0.1) is 10.6 Å². The van der Waals surface area contributed by atoms with Crippen molar-refractivity contribution in [3.63, 3.8) is 0 Å². The van der Waals surface area contributed by atoms with Crippen LogP contribution in [0.4, 0.5) is 5.69 Å². The van der Waals surface area contributed by atoms with E-state index in [4.69, 9.17) is 20.8 Å². The SMILES string of the molecule is Cc1ccc2cccc(OC(=O)c3oc4c(c3C)/C(=N/NC(=O)c3ccc(Cl)c([N+](=O)[O-])c3)CCC4)c2n1. The van der Waals surface area contributed by atoms with Crippen LogP contribution in [-0.4, -0.2) is 27.5 Å².